The fraction of sp³-hybridized carbons (Fsp3) is 0.727. The molecule has 0 aliphatic heterocycles. The van der Waals surface area contributed by atoms with Crippen LogP contribution in [0.1, 0.15) is 52.4 Å². The first-order chi connectivity index (χ1) is 5.81. The minimum Gasteiger partial charge on any atom is -0.303 e. The average molecular weight is 168 g/mol. The third-order valence-corrected chi connectivity index (χ3v) is 1.96. The lowest BCUT2D eigenvalue weighted by molar-refractivity contribution is -0.107. The van der Waals surface area contributed by atoms with Gasteiger partial charge in [-0.25, -0.2) is 0 Å². The molecule has 0 spiro atoms. The highest BCUT2D eigenvalue weighted by Crippen LogP contribution is 2.06. The molecule has 0 aliphatic rings. The van der Waals surface area contributed by atoms with Crippen molar-refractivity contribution in [3.8, 4) is 0 Å². The molecule has 0 radical (unpaired) electrons. The van der Waals surface area contributed by atoms with Crippen molar-refractivity contribution in [2.24, 2.45) is 0 Å². The van der Waals surface area contributed by atoms with Crippen LogP contribution in [-0.2, 0) is 4.79 Å². The molecule has 0 saturated carbocycles. The number of unbranched alkanes of at least 4 members (excludes halogenated alkanes) is 4. The van der Waals surface area contributed by atoms with Crippen LogP contribution in [0.25, 0.3) is 0 Å². The zero-order chi connectivity index (χ0) is 9.23. The zero-order valence-corrected chi connectivity index (χ0v) is 8.31. The number of rotatable bonds is 7. The fourth-order valence-electron chi connectivity index (χ4n) is 1.13. The van der Waals surface area contributed by atoms with Crippen LogP contribution in [0.4, 0.5) is 0 Å². The second-order valence-corrected chi connectivity index (χ2v) is 3.27. The van der Waals surface area contributed by atoms with E-state index in [4.69, 9.17) is 0 Å². The molecule has 0 fully saturated rings. The van der Waals surface area contributed by atoms with E-state index in [2.05, 4.69) is 13.0 Å². The molecular weight excluding hydrogens is 148 g/mol. The number of aldehydes is 1. The molecule has 0 aromatic carbocycles. The van der Waals surface area contributed by atoms with Crippen LogP contribution in [-0.4, -0.2) is 6.29 Å². The molecule has 0 atom stereocenters. The van der Waals surface area contributed by atoms with Crippen molar-refractivity contribution < 1.29 is 4.79 Å². The third-order valence-electron chi connectivity index (χ3n) is 1.96. The van der Waals surface area contributed by atoms with E-state index >= 15 is 0 Å². The second-order valence-electron chi connectivity index (χ2n) is 3.27. The molecule has 0 aromatic heterocycles. The van der Waals surface area contributed by atoms with Crippen LogP contribution in [0.2, 0.25) is 0 Å². The van der Waals surface area contributed by atoms with Crippen LogP contribution >= 0.6 is 0 Å². The molecule has 0 aliphatic carbocycles. The van der Waals surface area contributed by atoms with Crippen molar-refractivity contribution in [1.29, 1.82) is 0 Å². The van der Waals surface area contributed by atoms with Crippen LogP contribution < -0.4 is 0 Å². The van der Waals surface area contributed by atoms with E-state index in [0.717, 1.165) is 12.7 Å². The highest BCUT2D eigenvalue weighted by molar-refractivity contribution is 5.53. The maximum atomic E-state index is 10.1. The summed E-state index contributed by atoms with van der Waals surface area (Å²) in [6, 6.07) is 0. The summed E-state index contributed by atoms with van der Waals surface area (Å²) in [4.78, 5) is 10.1. The molecule has 0 amide bonds. The zero-order valence-electron chi connectivity index (χ0n) is 8.31. The van der Waals surface area contributed by atoms with E-state index in [1.165, 1.54) is 31.3 Å². The van der Waals surface area contributed by atoms with Gasteiger partial charge in [-0.05, 0) is 19.8 Å². The number of carbonyl (C=O) groups excluding carboxylic acids is 1. The van der Waals surface area contributed by atoms with Crippen molar-refractivity contribution in [1.82, 2.24) is 0 Å². The molecule has 12 heavy (non-hydrogen) atoms. The lowest BCUT2D eigenvalue weighted by Crippen LogP contribution is -1.79. The standard InChI is InChI=1S/C11H20O/c1-3-4-5-6-7-8-11(2)9-10-12/h8,10H,3-7,9H2,1-2H3/b11-8+. The number of hydrogen-bond donors (Lipinski definition) is 0. The predicted molar refractivity (Wildman–Crippen MR) is 53.2 cm³/mol. The maximum Gasteiger partial charge on any atom is 0.124 e. The lowest BCUT2D eigenvalue weighted by Gasteiger charge is -1.96. The number of allylic oxidation sites excluding steroid dienone is 2. The number of hydrogen-bond acceptors (Lipinski definition) is 1. The summed E-state index contributed by atoms with van der Waals surface area (Å²) in [5, 5.41) is 0. The Morgan fingerprint density at radius 2 is 2.00 bits per heavy atom. The summed E-state index contributed by atoms with van der Waals surface area (Å²) in [5.74, 6) is 0. The molecule has 1 nitrogen and oxygen atoms in total. The van der Waals surface area contributed by atoms with Crippen LogP contribution in [0, 0.1) is 0 Å². The van der Waals surface area contributed by atoms with Gasteiger partial charge < -0.3 is 4.79 Å². The lowest BCUT2D eigenvalue weighted by atomic mass is 10.1. The molecular formula is C11H20O. The topological polar surface area (TPSA) is 17.1 Å². The van der Waals surface area contributed by atoms with Crippen molar-refractivity contribution >= 4 is 6.29 Å². The van der Waals surface area contributed by atoms with Gasteiger partial charge >= 0.3 is 0 Å². The highest BCUT2D eigenvalue weighted by Gasteiger charge is 1.88. The van der Waals surface area contributed by atoms with Gasteiger partial charge in [0.15, 0.2) is 0 Å². The van der Waals surface area contributed by atoms with Crippen LogP contribution in [0.3, 0.4) is 0 Å². The monoisotopic (exact) mass is 168 g/mol. The Labute approximate surface area is 75.9 Å². The van der Waals surface area contributed by atoms with E-state index in [1.54, 1.807) is 0 Å². The first-order valence-electron chi connectivity index (χ1n) is 4.90. The van der Waals surface area contributed by atoms with Crippen LogP contribution in [0.5, 0.6) is 0 Å². The summed E-state index contributed by atoms with van der Waals surface area (Å²) in [7, 11) is 0. The van der Waals surface area contributed by atoms with Crippen LogP contribution in [0.15, 0.2) is 11.6 Å². The van der Waals surface area contributed by atoms with E-state index in [-0.39, 0.29) is 0 Å². The molecule has 0 aromatic rings. The fourth-order valence-corrected chi connectivity index (χ4v) is 1.13. The Hall–Kier alpha value is -0.590. The van der Waals surface area contributed by atoms with Gasteiger partial charge in [-0.2, -0.15) is 0 Å². The molecule has 1 heteroatoms. The van der Waals surface area contributed by atoms with Gasteiger partial charge in [0.1, 0.15) is 6.29 Å². The van der Waals surface area contributed by atoms with Crippen molar-refractivity contribution in [2.75, 3.05) is 0 Å². The van der Waals surface area contributed by atoms with Gasteiger partial charge in [0.25, 0.3) is 0 Å². The van der Waals surface area contributed by atoms with Gasteiger partial charge in [0.05, 0.1) is 0 Å². The third kappa shape index (κ3) is 7.52. The van der Waals surface area contributed by atoms with Gasteiger partial charge in [-0.15, -0.1) is 0 Å². The molecule has 0 bridgehead atoms. The highest BCUT2D eigenvalue weighted by atomic mass is 16.1. The SMILES string of the molecule is CCCCCC/C=C(\C)CC=O. The van der Waals surface area contributed by atoms with E-state index < -0.39 is 0 Å². The van der Waals surface area contributed by atoms with Crippen molar-refractivity contribution in [3.05, 3.63) is 11.6 Å². The van der Waals surface area contributed by atoms with E-state index in [1.807, 2.05) is 6.92 Å². The average Bonchev–Trinajstić information content (AvgIpc) is 2.05. The van der Waals surface area contributed by atoms with Gasteiger partial charge in [0.2, 0.25) is 0 Å². The maximum absolute atomic E-state index is 10.1. The van der Waals surface area contributed by atoms with E-state index in [0.29, 0.717) is 6.42 Å². The Balaban J connectivity index is 3.27. The summed E-state index contributed by atoms with van der Waals surface area (Å²) in [6.45, 7) is 4.24. The quantitative estimate of drug-likeness (QED) is 0.323. The largest absolute Gasteiger partial charge is 0.303 e. The summed E-state index contributed by atoms with van der Waals surface area (Å²) < 4.78 is 0. The molecule has 0 rings (SSSR count). The van der Waals surface area contributed by atoms with Gasteiger partial charge in [0, 0.05) is 6.42 Å². The Morgan fingerprint density at radius 3 is 2.58 bits per heavy atom. The van der Waals surface area contributed by atoms with Crippen molar-refractivity contribution in [3.63, 3.8) is 0 Å². The van der Waals surface area contributed by atoms with E-state index in [9.17, 15) is 4.79 Å². The number of carbonyl (C=O) groups is 1. The minimum atomic E-state index is 0.605. The molecule has 0 N–H and O–H groups in total. The molecule has 0 saturated heterocycles. The smallest absolute Gasteiger partial charge is 0.124 e. The molecule has 0 unspecified atom stereocenters. The first kappa shape index (κ1) is 11.4. The minimum absolute atomic E-state index is 0.605. The van der Waals surface area contributed by atoms with Gasteiger partial charge in [-0.1, -0.05) is 37.8 Å². The summed E-state index contributed by atoms with van der Waals surface area (Å²) in [6.07, 6.45) is 10.1. The predicted octanol–water partition coefficient (Wildman–Crippen LogP) is 3.49. The summed E-state index contributed by atoms with van der Waals surface area (Å²) in [5.41, 5.74) is 1.21. The first-order valence-corrected chi connectivity index (χ1v) is 4.90. The Morgan fingerprint density at radius 1 is 1.25 bits per heavy atom. The Kier molecular flexibility index (Phi) is 8.09. The molecule has 70 valence electrons. The normalized spacial score (nSPS) is 11.7. The molecule has 0 heterocycles. The summed E-state index contributed by atoms with van der Waals surface area (Å²) >= 11 is 0. The van der Waals surface area contributed by atoms with Gasteiger partial charge in [-0.3, -0.25) is 0 Å². The Bertz CT molecular complexity index is 136. The van der Waals surface area contributed by atoms with Crippen molar-refractivity contribution in [2.45, 2.75) is 52.4 Å². The second kappa shape index (κ2) is 8.51.